The molecule has 5 unspecified atom stereocenters. The lowest BCUT2D eigenvalue weighted by Crippen LogP contribution is -2.56. The molecule has 138 valence electrons. The minimum atomic E-state index is 0.0884. The van der Waals surface area contributed by atoms with E-state index in [1.165, 1.54) is 32.1 Å². The molecule has 6 aliphatic carbocycles. The molecule has 0 radical (unpaired) electrons. The quantitative estimate of drug-likeness (QED) is 0.648. The number of fused-ring (bicyclic) bond motifs is 12. The summed E-state index contributed by atoms with van der Waals surface area (Å²) in [6.07, 6.45) is 15.7. The highest BCUT2D eigenvalue weighted by atomic mass is 16.5. The van der Waals surface area contributed by atoms with Crippen LogP contribution in [-0.2, 0) is 9.53 Å². The van der Waals surface area contributed by atoms with Gasteiger partial charge in [-0.2, -0.15) is 0 Å². The van der Waals surface area contributed by atoms with Gasteiger partial charge in [0.2, 0.25) is 0 Å². The van der Waals surface area contributed by atoms with E-state index in [0.717, 1.165) is 66.8 Å². The maximum atomic E-state index is 12.0. The Bertz CT molecular complexity index is 764. The first-order chi connectivity index (χ1) is 12.7. The fourth-order valence-corrected chi connectivity index (χ4v) is 9.48. The number of ketones is 1. The molecule has 7 rings (SSSR count). The van der Waals surface area contributed by atoms with Crippen molar-refractivity contribution in [2.24, 2.45) is 52.8 Å². The highest BCUT2D eigenvalue weighted by molar-refractivity contribution is 5.91. The molecule has 0 N–H and O–H groups in total. The molecule has 26 heavy (non-hydrogen) atoms. The summed E-state index contributed by atoms with van der Waals surface area (Å²) >= 11 is 0. The van der Waals surface area contributed by atoms with Gasteiger partial charge in [-0.1, -0.05) is 24.6 Å². The Hall–Kier alpha value is -0.890. The maximum absolute atomic E-state index is 12.0. The molecule has 0 aromatic carbocycles. The largest absolute Gasteiger partial charge is 0.366 e. The summed E-state index contributed by atoms with van der Waals surface area (Å²) in [5, 5.41) is 0. The van der Waals surface area contributed by atoms with Crippen molar-refractivity contribution in [3.05, 3.63) is 23.8 Å². The van der Waals surface area contributed by atoms with Crippen molar-refractivity contribution in [1.82, 2.24) is 0 Å². The first-order valence-electron chi connectivity index (χ1n) is 11.3. The minimum absolute atomic E-state index is 0.0884. The first kappa shape index (κ1) is 15.1. The predicted molar refractivity (Wildman–Crippen MR) is 99.3 cm³/mol. The van der Waals surface area contributed by atoms with Crippen molar-refractivity contribution >= 4 is 5.78 Å². The molecule has 5 fully saturated rings. The van der Waals surface area contributed by atoms with Crippen molar-refractivity contribution in [2.75, 3.05) is 6.61 Å². The summed E-state index contributed by atoms with van der Waals surface area (Å²) in [6.45, 7) is 3.29. The van der Waals surface area contributed by atoms with E-state index in [0.29, 0.717) is 11.2 Å². The molecule has 2 heteroatoms. The number of ether oxygens (including phenoxy) is 1. The second-order valence-electron chi connectivity index (χ2n) is 10.6. The van der Waals surface area contributed by atoms with Gasteiger partial charge in [0.05, 0.1) is 12.2 Å². The molecule has 1 spiro atoms. The second kappa shape index (κ2) is 4.57. The monoisotopic (exact) mass is 350 g/mol. The van der Waals surface area contributed by atoms with Gasteiger partial charge in [-0.05, 0) is 91.9 Å². The summed E-state index contributed by atoms with van der Waals surface area (Å²) in [5.41, 5.74) is 2.09. The number of hydrogen-bond acceptors (Lipinski definition) is 2. The van der Waals surface area contributed by atoms with Crippen LogP contribution in [0.2, 0.25) is 0 Å². The predicted octanol–water partition coefficient (Wildman–Crippen LogP) is 4.56. The molecule has 5 saturated carbocycles. The van der Waals surface area contributed by atoms with Gasteiger partial charge in [0.1, 0.15) is 0 Å². The zero-order valence-corrected chi connectivity index (χ0v) is 15.8. The van der Waals surface area contributed by atoms with E-state index in [2.05, 4.69) is 25.2 Å². The first-order valence-corrected chi connectivity index (χ1v) is 11.3. The van der Waals surface area contributed by atoms with Gasteiger partial charge in [0.15, 0.2) is 5.78 Å². The van der Waals surface area contributed by atoms with Crippen molar-refractivity contribution in [2.45, 2.75) is 57.5 Å². The summed E-state index contributed by atoms with van der Waals surface area (Å²) in [7, 11) is 0. The van der Waals surface area contributed by atoms with E-state index in [9.17, 15) is 4.79 Å². The molecule has 1 aliphatic heterocycles. The van der Waals surface area contributed by atoms with Crippen LogP contribution >= 0.6 is 0 Å². The summed E-state index contributed by atoms with van der Waals surface area (Å²) in [4.78, 5) is 12.0. The lowest BCUT2D eigenvalue weighted by molar-refractivity contribution is -0.145. The molecule has 7 aliphatic rings. The third-order valence-electron chi connectivity index (χ3n) is 10.3. The molecule has 0 amide bonds. The molecule has 0 bridgehead atoms. The average Bonchev–Trinajstić information content (AvgIpc) is 3.56. The van der Waals surface area contributed by atoms with Gasteiger partial charge in [-0.25, -0.2) is 0 Å². The number of carbonyl (C=O) groups is 1. The van der Waals surface area contributed by atoms with Gasteiger partial charge >= 0.3 is 0 Å². The van der Waals surface area contributed by atoms with Gasteiger partial charge in [0.25, 0.3) is 0 Å². The molecule has 10 atom stereocenters. The van der Waals surface area contributed by atoms with E-state index >= 15 is 0 Å². The van der Waals surface area contributed by atoms with Crippen LogP contribution in [-0.4, -0.2) is 18.0 Å². The Morgan fingerprint density at radius 2 is 2.08 bits per heavy atom. The zero-order chi connectivity index (χ0) is 17.3. The SMILES string of the molecule is CC[C@]12CCC3C(C4CC4C4=CC(=O)CC[C@@H]43)C1[C@@H]1C[C@@H]1[C@@]21C=CCO1. The number of hydrogen-bond donors (Lipinski definition) is 0. The second-order valence-corrected chi connectivity index (χ2v) is 10.6. The number of allylic oxidation sites excluding steroid dienone is 1. The number of carbonyl (C=O) groups excluding carboxylic acids is 1. The fraction of sp³-hybridized carbons (Fsp3) is 0.792. The summed E-state index contributed by atoms with van der Waals surface area (Å²) in [5.74, 6) is 7.25. The maximum Gasteiger partial charge on any atom is 0.155 e. The molecule has 0 aromatic heterocycles. The van der Waals surface area contributed by atoms with Gasteiger partial charge in [-0.3, -0.25) is 4.79 Å². The topological polar surface area (TPSA) is 26.3 Å². The van der Waals surface area contributed by atoms with Crippen LogP contribution in [0.15, 0.2) is 23.8 Å². The number of rotatable bonds is 1. The highest BCUT2D eigenvalue weighted by Gasteiger charge is 2.79. The third-order valence-corrected chi connectivity index (χ3v) is 10.3. The lowest BCUT2D eigenvalue weighted by Gasteiger charge is -2.58. The van der Waals surface area contributed by atoms with Crippen LogP contribution in [0.3, 0.4) is 0 Å². The zero-order valence-electron chi connectivity index (χ0n) is 15.8. The minimum Gasteiger partial charge on any atom is -0.366 e. The fourth-order valence-electron chi connectivity index (χ4n) is 9.48. The lowest BCUT2D eigenvalue weighted by atomic mass is 9.48. The van der Waals surface area contributed by atoms with Crippen LogP contribution in [0, 0.1) is 52.8 Å². The molecular formula is C24H30O2. The van der Waals surface area contributed by atoms with E-state index in [1.54, 1.807) is 5.57 Å². The van der Waals surface area contributed by atoms with E-state index < -0.39 is 0 Å². The average molecular weight is 351 g/mol. The highest BCUT2D eigenvalue weighted by Crippen LogP contribution is 2.81. The van der Waals surface area contributed by atoms with Gasteiger partial charge < -0.3 is 4.74 Å². The van der Waals surface area contributed by atoms with Crippen molar-refractivity contribution in [3.8, 4) is 0 Å². The van der Waals surface area contributed by atoms with Crippen LogP contribution in [0.4, 0.5) is 0 Å². The van der Waals surface area contributed by atoms with Gasteiger partial charge in [0, 0.05) is 11.8 Å². The Morgan fingerprint density at radius 3 is 2.88 bits per heavy atom. The van der Waals surface area contributed by atoms with Crippen molar-refractivity contribution in [3.63, 3.8) is 0 Å². The van der Waals surface area contributed by atoms with E-state index in [-0.39, 0.29) is 5.60 Å². The van der Waals surface area contributed by atoms with Crippen LogP contribution in [0.1, 0.15) is 51.9 Å². The summed E-state index contributed by atoms with van der Waals surface area (Å²) < 4.78 is 6.60. The van der Waals surface area contributed by atoms with Gasteiger partial charge in [-0.15, -0.1) is 0 Å². The molecule has 0 saturated heterocycles. The normalized spacial score (nSPS) is 60.7. The molecular weight excluding hydrogens is 320 g/mol. The Kier molecular flexibility index (Phi) is 2.65. The van der Waals surface area contributed by atoms with Crippen LogP contribution < -0.4 is 0 Å². The Morgan fingerprint density at radius 1 is 1.15 bits per heavy atom. The van der Waals surface area contributed by atoms with Crippen molar-refractivity contribution < 1.29 is 9.53 Å². The molecule has 1 heterocycles. The third kappa shape index (κ3) is 1.49. The summed E-state index contributed by atoms with van der Waals surface area (Å²) in [6, 6.07) is 0. The van der Waals surface area contributed by atoms with E-state index in [4.69, 9.17) is 4.74 Å². The van der Waals surface area contributed by atoms with E-state index in [1.807, 2.05) is 0 Å². The Labute approximate surface area is 156 Å². The standard InChI is InChI=1S/C24H30O2/c1-2-23-8-6-15-14-5-4-13(25)10-16(14)17-11-18(17)21(15)22(23)19-12-20(19)24(23)7-3-9-26-24/h3,7,10,14-15,17-22H,2,4-6,8-9,11-12H2,1H3/t14-,15?,17?,18?,19-,20+,21?,22?,23+,24+/m1/s1. The van der Waals surface area contributed by atoms with Crippen LogP contribution in [0.25, 0.3) is 0 Å². The van der Waals surface area contributed by atoms with Crippen LogP contribution in [0.5, 0.6) is 0 Å². The molecule has 0 aromatic rings. The molecule has 2 nitrogen and oxygen atoms in total. The Balaban J connectivity index is 1.34. The van der Waals surface area contributed by atoms with Crippen molar-refractivity contribution in [1.29, 1.82) is 0 Å². The smallest absolute Gasteiger partial charge is 0.155 e.